The minimum absolute atomic E-state index is 0.0156. The Hall–Kier alpha value is -2.10. The van der Waals surface area contributed by atoms with Crippen LogP contribution in [0.25, 0.3) is 0 Å². The van der Waals surface area contributed by atoms with Gasteiger partial charge in [0.2, 0.25) is 5.91 Å². The third-order valence-electron chi connectivity index (χ3n) is 3.95. The maximum Gasteiger partial charge on any atom is 0.258 e. The van der Waals surface area contributed by atoms with Gasteiger partial charge in [0.1, 0.15) is 18.2 Å². The summed E-state index contributed by atoms with van der Waals surface area (Å²) < 4.78 is 19.6. The van der Waals surface area contributed by atoms with Gasteiger partial charge >= 0.3 is 0 Å². The van der Waals surface area contributed by atoms with Gasteiger partial charge in [0, 0.05) is 30.7 Å². The first-order valence-corrected chi connectivity index (χ1v) is 9.71. The summed E-state index contributed by atoms with van der Waals surface area (Å²) in [6.07, 6.45) is 0. The summed E-state index contributed by atoms with van der Waals surface area (Å²) in [6.45, 7) is 0.762. The van der Waals surface area contributed by atoms with E-state index in [2.05, 4.69) is 15.7 Å². The molecular formula is C17H18ClFN4O3S. The van der Waals surface area contributed by atoms with Crippen molar-refractivity contribution < 1.29 is 18.7 Å². The van der Waals surface area contributed by atoms with Gasteiger partial charge in [0.05, 0.1) is 22.9 Å². The number of benzene rings is 1. The fourth-order valence-electron chi connectivity index (χ4n) is 2.65. The standard InChI is InChI=1S/C17H18ClFN4O3S/c1-26-5-4-20-15(24)7-23-16(12-8-27-9-14(12)22-23)21-17(25)11-3-2-10(19)6-13(11)18/h2-3,6H,4-5,7-9H2,1H3,(H,20,24)(H,21,25). The molecule has 144 valence electrons. The first-order valence-electron chi connectivity index (χ1n) is 8.18. The summed E-state index contributed by atoms with van der Waals surface area (Å²) in [6, 6.07) is 3.57. The van der Waals surface area contributed by atoms with Crippen LogP contribution < -0.4 is 10.6 Å². The fourth-order valence-corrected chi connectivity index (χ4v) is 3.94. The molecule has 0 unspecified atom stereocenters. The number of methoxy groups -OCH3 is 1. The average Bonchev–Trinajstić information content (AvgIpc) is 3.18. The Bertz CT molecular complexity index is 874. The molecule has 1 aromatic heterocycles. The van der Waals surface area contributed by atoms with Gasteiger partial charge < -0.3 is 15.4 Å². The van der Waals surface area contributed by atoms with Crippen molar-refractivity contribution in [2.24, 2.45) is 0 Å². The van der Waals surface area contributed by atoms with E-state index in [1.54, 1.807) is 18.9 Å². The highest BCUT2D eigenvalue weighted by Gasteiger charge is 2.25. The molecule has 1 aliphatic heterocycles. The number of carbonyl (C=O) groups is 2. The molecule has 0 aliphatic carbocycles. The first kappa shape index (κ1) is 19.7. The van der Waals surface area contributed by atoms with Gasteiger partial charge in [-0.05, 0) is 18.2 Å². The smallest absolute Gasteiger partial charge is 0.258 e. The number of thioether (sulfide) groups is 1. The number of fused-ring (bicyclic) bond motifs is 1. The summed E-state index contributed by atoms with van der Waals surface area (Å²) in [7, 11) is 1.55. The fraction of sp³-hybridized carbons (Fsp3) is 0.353. The van der Waals surface area contributed by atoms with Crippen LogP contribution in [0.5, 0.6) is 0 Å². The largest absolute Gasteiger partial charge is 0.383 e. The topological polar surface area (TPSA) is 85.2 Å². The number of anilines is 1. The molecule has 0 radical (unpaired) electrons. The van der Waals surface area contributed by atoms with Crippen molar-refractivity contribution in [3.63, 3.8) is 0 Å². The minimum Gasteiger partial charge on any atom is -0.383 e. The van der Waals surface area contributed by atoms with Gasteiger partial charge in [-0.25, -0.2) is 9.07 Å². The lowest BCUT2D eigenvalue weighted by atomic mass is 10.2. The summed E-state index contributed by atoms with van der Waals surface area (Å²) in [5.74, 6) is 0.618. The summed E-state index contributed by atoms with van der Waals surface area (Å²) in [4.78, 5) is 24.7. The van der Waals surface area contributed by atoms with Gasteiger partial charge in [-0.2, -0.15) is 16.9 Å². The lowest BCUT2D eigenvalue weighted by Crippen LogP contribution is -2.31. The van der Waals surface area contributed by atoms with Gasteiger partial charge in [0.25, 0.3) is 5.91 Å². The van der Waals surface area contributed by atoms with Crippen molar-refractivity contribution in [3.05, 3.63) is 45.9 Å². The highest BCUT2D eigenvalue weighted by molar-refractivity contribution is 7.98. The van der Waals surface area contributed by atoms with E-state index in [0.717, 1.165) is 17.3 Å². The number of aromatic nitrogens is 2. The molecule has 2 heterocycles. The molecule has 1 aromatic carbocycles. The molecule has 0 fully saturated rings. The van der Waals surface area contributed by atoms with E-state index < -0.39 is 11.7 Å². The number of ether oxygens (including phenoxy) is 1. The number of nitrogens with one attached hydrogen (secondary N) is 2. The van der Waals surface area contributed by atoms with Crippen molar-refractivity contribution >= 4 is 41.0 Å². The molecule has 0 saturated heterocycles. The monoisotopic (exact) mass is 412 g/mol. The van der Waals surface area contributed by atoms with E-state index in [4.69, 9.17) is 16.3 Å². The molecule has 2 aromatic rings. The molecule has 0 saturated carbocycles. The van der Waals surface area contributed by atoms with Crippen molar-refractivity contribution in [1.82, 2.24) is 15.1 Å². The molecular weight excluding hydrogens is 395 g/mol. The lowest BCUT2D eigenvalue weighted by Gasteiger charge is -2.12. The van der Waals surface area contributed by atoms with Gasteiger partial charge in [-0.1, -0.05) is 11.6 Å². The van der Waals surface area contributed by atoms with Crippen LogP contribution in [0.2, 0.25) is 5.02 Å². The molecule has 2 amide bonds. The number of nitrogens with zero attached hydrogens (tertiary/aromatic N) is 2. The molecule has 3 rings (SSSR count). The highest BCUT2D eigenvalue weighted by Crippen LogP contribution is 2.35. The predicted molar refractivity (Wildman–Crippen MR) is 101 cm³/mol. The molecule has 0 bridgehead atoms. The Kier molecular flexibility index (Phi) is 6.35. The van der Waals surface area contributed by atoms with Gasteiger partial charge in [0.15, 0.2) is 0 Å². The van der Waals surface area contributed by atoms with Gasteiger partial charge in [-0.3, -0.25) is 9.59 Å². The van der Waals surface area contributed by atoms with E-state index >= 15 is 0 Å². The van der Waals surface area contributed by atoms with E-state index in [1.807, 2.05) is 0 Å². The number of hydrogen-bond acceptors (Lipinski definition) is 5. The highest BCUT2D eigenvalue weighted by atomic mass is 35.5. The zero-order valence-corrected chi connectivity index (χ0v) is 16.1. The third-order valence-corrected chi connectivity index (χ3v) is 5.23. The summed E-state index contributed by atoms with van der Waals surface area (Å²) >= 11 is 7.65. The van der Waals surface area contributed by atoms with Crippen molar-refractivity contribution in [2.45, 2.75) is 18.1 Å². The van der Waals surface area contributed by atoms with Crippen LogP contribution in [0.3, 0.4) is 0 Å². The summed E-state index contributed by atoms with van der Waals surface area (Å²) in [5, 5.41) is 9.95. The average molecular weight is 413 g/mol. The zero-order chi connectivity index (χ0) is 19.4. The first-order chi connectivity index (χ1) is 13.0. The van der Waals surface area contributed by atoms with Crippen LogP contribution in [0.4, 0.5) is 10.2 Å². The van der Waals surface area contributed by atoms with E-state index in [-0.39, 0.29) is 23.0 Å². The molecule has 10 heteroatoms. The van der Waals surface area contributed by atoms with E-state index in [0.29, 0.717) is 30.5 Å². The van der Waals surface area contributed by atoms with Gasteiger partial charge in [-0.15, -0.1) is 0 Å². The normalized spacial score (nSPS) is 12.7. The Labute approximate surface area is 164 Å². The van der Waals surface area contributed by atoms with Crippen LogP contribution in [0, 0.1) is 5.82 Å². The van der Waals surface area contributed by atoms with Crippen LogP contribution in [0.15, 0.2) is 18.2 Å². The van der Waals surface area contributed by atoms with Crippen molar-refractivity contribution in [3.8, 4) is 0 Å². The SMILES string of the molecule is COCCNC(=O)Cn1nc2c(c1NC(=O)c1ccc(F)cc1Cl)CSC2. The van der Waals surface area contributed by atoms with E-state index in [1.165, 1.54) is 16.8 Å². The second-order valence-corrected chi connectivity index (χ2v) is 7.24. The predicted octanol–water partition coefficient (Wildman–Crippen LogP) is 2.44. The molecule has 1 aliphatic rings. The number of rotatable bonds is 7. The Morgan fingerprint density at radius 2 is 2.22 bits per heavy atom. The maximum atomic E-state index is 13.2. The number of amides is 2. The molecule has 27 heavy (non-hydrogen) atoms. The molecule has 0 atom stereocenters. The van der Waals surface area contributed by atoms with Crippen LogP contribution in [0.1, 0.15) is 21.6 Å². The third kappa shape index (κ3) is 4.60. The molecule has 2 N–H and O–H groups in total. The van der Waals surface area contributed by atoms with Crippen LogP contribution in [-0.2, 0) is 27.6 Å². The summed E-state index contributed by atoms with van der Waals surface area (Å²) in [5.41, 5.74) is 1.87. The minimum atomic E-state index is -0.522. The maximum absolute atomic E-state index is 13.2. The lowest BCUT2D eigenvalue weighted by molar-refractivity contribution is -0.122. The Morgan fingerprint density at radius 1 is 1.41 bits per heavy atom. The van der Waals surface area contributed by atoms with Crippen LogP contribution in [-0.4, -0.2) is 41.9 Å². The van der Waals surface area contributed by atoms with E-state index in [9.17, 15) is 14.0 Å². The van der Waals surface area contributed by atoms with Crippen molar-refractivity contribution in [1.29, 1.82) is 0 Å². The number of carbonyl (C=O) groups excluding carboxylic acids is 2. The Morgan fingerprint density at radius 3 is 2.96 bits per heavy atom. The van der Waals surface area contributed by atoms with Crippen LogP contribution >= 0.6 is 23.4 Å². The Balaban J connectivity index is 1.79. The number of hydrogen-bond donors (Lipinski definition) is 2. The van der Waals surface area contributed by atoms with Crippen molar-refractivity contribution in [2.75, 3.05) is 25.6 Å². The number of halogens is 2. The second kappa shape index (κ2) is 8.73. The zero-order valence-electron chi connectivity index (χ0n) is 14.6. The quantitative estimate of drug-likeness (QED) is 0.682. The second-order valence-electron chi connectivity index (χ2n) is 5.85. The molecule has 7 nitrogen and oxygen atoms in total. The molecule has 0 spiro atoms.